The summed E-state index contributed by atoms with van der Waals surface area (Å²) in [6.07, 6.45) is 0. The highest BCUT2D eigenvalue weighted by Crippen LogP contribution is 2.25. The predicted molar refractivity (Wildman–Crippen MR) is 85.3 cm³/mol. The molecule has 0 aliphatic heterocycles. The van der Waals surface area contributed by atoms with E-state index in [0.717, 1.165) is 9.75 Å². The van der Waals surface area contributed by atoms with Gasteiger partial charge in [-0.2, -0.15) is 0 Å². The number of carbonyl (C=O) groups is 1. The van der Waals surface area contributed by atoms with E-state index >= 15 is 0 Å². The Morgan fingerprint density at radius 2 is 2.10 bits per heavy atom. The van der Waals surface area contributed by atoms with Crippen molar-refractivity contribution in [2.75, 3.05) is 11.9 Å². The van der Waals surface area contributed by atoms with Crippen molar-refractivity contribution in [3.05, 3.63) is 45.1 Å². The first-order chi connectivity index (χ1) is 10.0. The van der Waals surface area contributed by atoms with Crippen molar-refractivity contribution >= 4 is 22.9 Å². The highest BCUT2D eigenvalue weighted by molar-refractivity contribution is 7.12. The standard InChI is InChI=1S/C16H19NO3S/c1-4-20-15-6-5-13(8-12(15)9-18)17-16(19)14-7-10(2)21-11(14)3/h5-8,18H,4,9H2,1-3H3,(H,17,19). The highest BCUT2D eigenvalue weighted by Gasteiger charge is 2.13. The molecule has 1 aromatic heterocycles. The van der Waals surface area contributed by atoms with Gasteiger partial charge in [0, 0.05) is 21.0 Å². The van der Waals surface area contributed by atoms with Gasteiger partial charge in [0.15, 0.2) is 0 Å². The minimum Gasteiger partial charge on any atom is -0.494 e. The van der Waals surface area contributed by atoms with Crippen LogP contribution in [0.5, 0.6) is 5.75 Å². The fourth-order valence-electron chi connectivity index (χ4n) is 2.13. The molecule has 0 radical (unpaired) electrons. The van der Waals surface area contributed by atoms with Crippen molar-refractivity contribution in [1.82, 2.24) is 0 Å². The molecule has 0 unspecified atom stereocenters. The third-order valence-electron chi connectivity index (χ3n) is 3.07. The second-order valence-electron chi connectivity index (χ2n) is 4.69. The van der Waals surface area contributed by atoms with Crippen LogP contribution in [0.4, 0.5) is 5.69 Å². The zero-order chi connectivity index (χ0) is 15.4. The number of nitrogens with one attached hydrogen (secondary N) is 1. The molecule has 2 aromatic rings. The average Bonchev–Trinajstić information content (AvgIpc) is 2.79. The predicted octanol–water partition coefficient (Wildman–Crippen LogP) is 3.51. The summed E-state index contributed by atoms with van der Waals surface area (Å²) in [6.45, 7) is 6.21. The number of anilines is 1. The molecule has 2 N–H and O–H groups in total. The monoisotopic (exact) mass is 305 g/mol. The number of benzene rings is 1. The molecule has 2 rings (SSSR count). The van der Waals surface area contributed by atoms with Gasteiger partial charge in [0.05, 0.1) is 18.8 Å². The number of amides is 1. The number of thiophene rings is 1. The van der Waals surface area contributed by atoms with E-state index in [0.29, 0.717) is 29.2 Å². The molecule has 21 heavy (non-hydrogen) atoms. The molecule has 112 valence electrons. The largest absolute Gasteiger partial charge is 0.494 e. The lowest BCUT2D eigenvalue weighted by Crippen LogP contribution is -2.12. The van der Waals surface area contributed by atoms with Crippen LogP contribution < -0.4 is 10.1 Å². The number of rotatable bonds is 5. The van der Waals surface area contributed by atoms with Crippen LogP contribution >= 0.6 is 11.3 Å². The Labute approximate surface area is 128 Å². The first kappa shape index (κ1) is 15.5. The van der Waals surface area contributed by atoms with Crippen LogP contribution in [0.1, 0.15) is 32.6 Å². The van der Waals surface area contributed by atoms with Gasteiger partial charge in [0.25, 0.3) is 5.91 Å². The van der Waals surface area contributed by atoms with E-state index in [1.807, 2.05) is 26.8 Å². The van der Waals surface area contributed by atoms with Crippen molar-refractivity contribution in [3.63, 3.8) is 0 Å². The Balaban J connectivity index is 2.19. The maximum Gasteiger partial charge on any atom is 0.256 e. The van der Waals surface area contributed by atoms with E-state index in [2.05, 4.69) is 5.32 Å². The third-order valence-corrected chi connectivity index (χ3v) is 4.04. The zero-order valence-corrected chi connectivity index (χ0v) is 13.2. The molecule has 0 aliphatic rings. The van der Waals surface area contributed by atoms with Gasteiger partial charge in [-0.25, -0.2) is 0 Å². The number of carbonyl (C=O) groups excluding carboxylic acids is 1. The van der Waals surface area contributed by atoms with Crippen molar-refractivity contribution in [3.8, 4) is 5.75 Å². The minimum absolute atomic E-state index is 0.129. The van der Waals surface area contributed by atoms with Crippen molar-refractivity contribution in [2.24, 2.45) is 0 Å². The molecule has 0 aliphatic carbocycles. The lowest BCUT2D eigenvalue weighted by atomic mass is 10.1. The van der Waals surface area contributed by atoms with Gasteiger partial charge in [-0.3, -0.25) is 4.79 Å². The topological polar surface area (TPSA) is 58.6 Å². The van der Waals surface area contributed by atoms with Crippen LogP contribution in [0.3, 0.4) is 0 Å². The highest BCUT2D eigenvalue weighted by atomic mass is 32.1. The summed E-state index contributed by atoms with van der Waals surface area (Å²) in [5, 5.41) is 12.2. The molecule has 0 fully saturated rings. The summed E-state index contributed by atoms with van der Waals surface area (Å²) in [5.41, 5.74) is 2.00. The SMILES string of the molecule is CCOc1ccc(NC(=O)c2cc(C)sc2C)cc1CO. The van der Waals surface area contributed by atoms with Crippen molar-refractivity contribution < 1.29 is 14.6 Å². The maximum atomic E-state index is 12.3. The fraction of sp³-hybridized carbons (Fsp3) is 0.312. The van der Waals surface area contributed by atoms with Gasteiger partial charge in [-0.05, 0) is 45.0 Å². The Morgan fingerprint density at radius 1 is 1.33 bits per heavy atom. The quantitative estimate of drug-likeness (QED) is 0.888. The molecule has 0 saturated carbocycles. The average molecular weight is 305 g/mol. The fourth-order valence-corrected chi connectivity index (χ4v) is 3.05. The molecule has 0 saturated heterocycles. The molecule has 4 nitrogen and oxygen atoms in total. The van der Waals surface area contributed by atoms with Crippen LogP contribution in [0.25, 0.3) is 0 Å². The van der Waals surface area contributed by atoms with Gasteiger partial charge >= 0.3 is 0 Å². The molecule has 1 amide bonds. The normalized spacial score (nSPS) is 10.5. The van der Waals surface area contributed by atoms with Crippen molar-refractivity contribution in [1.29, 1.82) is 0 Å². The van der Waals surface area contributed by atoms with Gasteiger partial charge in [0.1, 0.15) is 5.75 Å². The minimum atomic E-state index is -0.134. The maximum absolute atomic E-state index is 12.3. The molecule has 0 atom stereocenters. The smallest absolute Gasteiger partial charge is 0.256 e. The van der Waals surface area contributed by atoms with E-state index < -0.39 is 0 Å². The number of hydrogen-bond donors (Lipinski definition) is 2. The lowest BCUT2D eigenvalue weighted by Gasteiger charge is -2.11. The lowest BCUT2D eigenvalue weighted by molar-refractivity contribution is 0.102. The summed E-state index contributed by atoms with van der Waals surface area (Å²) in [6, 6.07) is 7.15. The first-order valence-corrected chi connectivity index (χ1v) is 7.61. The summed E-state index contributed by atoms with van der Waals surface area (Å²) < 4.78 is 5.42. The Morgan fingerprint density at radius 3 is 2.67 bits per heavy atom. The molecular formula is C16H19NO3S. The van der Waals surface area contributed by atoms with E-state index in [4.69, 9.17) is 4.74 Å². The number of aliphatic hydroxyl groups is 1. The van der Waals surface area contributed by atoms with E-state index in [1.54, 1.807) is 29.5 Å². The number of aryl methyl sites for hydroxylation is 2. The van der Waals surface area contributed by atoms with Gasteiger partial charge < -0.3 is 15.2 Å². The van der Waals surface area contributed by atoms with Gasteiger partial charge in [-0.15, -0.1) is 11.3 Å². The zero-order valence-electron chi connectivity index (χ0n) is 12.4. The number of ether oxygens (including phenoxy) is 1. The van der Waals surface area contributed by atoms with E-state index in [9.17, 15) is 9.90 Å². The van der Waals surface area contributed by atoms with Crippen LogP contribution in [-0.2, 0) is 6.61 Å². The summed E-state index contributed by atoms with van der Waals surface area (Å²) >= 11 is 1.60. The molecule has 1 heterocycles. The van der Waals surface area contributed by atoms with E-state index in [-0.39, 0.29) is 12.5 Å². The molecule has 5 heteroatoms. The first-order valence-electron chi connectivity index (χ1n) is 6.80. The molecule has 0 spiro atoms. The van der Waals surface area contributed by atoms with Crippen LogP contribution in [-0.4, -0.2) is 17.6 Å². The number of hydrogen-bond acceptors (Lipinski definition) is 4. The van der Waals surface area contributed by atoms with Crippen LogP contribution in [0, 0.1) is 13.8 Å². The van der Waals surface area contributed by atoms with Crippen molar-refractivity contribution in [2.45, 2.75) is 27.4 Å². The van der Waals surface area contributed by atoms with Gasteiger partial charge in [-0.1, -0.05) is 0 Å². The summed E-state index contributed by atoms with van der Waals surface area (Å²) in [5.74, 6) is 0.505. The van der Waals surface area contributed by atoms with E-state index in [1.165, 1.54) is 0 Å². The van der Waals surface area contributed by atoms with Crippen LogP contribution in [0.15, 0.2) is 24.3 Å². The molecular weight excluding hydrogens is 286 g/mol. The summed E-state index contributed by atoms with van der Waals surface area (Å²) in [7, 11) is 0. The number of aliphatic hydroxyl groups excluding tert-OH is 1. The Hall–Kier alpha value is -1.85. The van der Waals surface area contributed by atoms with Crippen LogP contribution in [0.2, 0.25) is 0 Å². The third kappa shape index (κ3) is 3.62. The second kappa shape index (κ2) is 6.74. The summed E-state index contributed by atoms with van der Waals surface area (Å²) in [4.78, 5) is 14.4. The van der Waals surface area contributed by atoms with Gasteiger partial charge in [0.2, 0.25) is 0 Å². The Kier molecular flexibility index (Phi) is 4.98. The molecule has 1 aromatic carbocycles. The second-order valence-corrected chi connectivity index (χ2v) is 6.16. The Bertz CT molecular complexity index is 649. The molecule has 0 bridgehead atoms.